The van der Waals surface area contributed by atoms with Crippen LogP contribution in [0.5, 0.6) is 11.5 Å². The smallest absolute Gasteiger partial charge is 0.138 e. The fourth-order valence-corrected chi connectivity index (χ4v) is 4.56. The van der Waals surface area contributed by atoms with Gasteiger partial charge in [0.2, 0.25) is 0 Å². The van der Waals surface area contributed by atoms with E-state index in [1.54, 1.807) is 19.2 Å². The van der Waals surface area contributed by atoms with Crippen LogP contribution < -0.4 is 4.74 Å². The van der Waals surface area contributed by atoms with E-state index in [0.717, 1.165) is 57.6 Å². The molecule has 6 rings (SSSR count). The summed E-state index contributed by atoms with van der Waals surface area (Å²) in [6.45, 7) is 4.29. The Morgan fingerprint density at radius 1 is 0.622 bits per heavy atom. The van der Waals surface area contributed by atoms with Gasteiger partial charge in [-0.2, -0.15) is 0 Å². The van der Waals surface area contributed by atoms with E-state index in [1.165, 1.54) is 16.7 Å². The second kappa shape index (κ2) is 10.7. The van der Waals surface area contributed by atoms with Crippen molar-refractivity contribution in [1.29, 1.82) is 0 Å². The second-order valence-corrected chi connectivity index (χ2v) is 8.87. The van der Waals surface area contributed by atoms with Crippen molar-refractivity contribution in [2.75, 3.05) is 7.11 Å². The lowest BCUT2D eigenvalue weighted by Crippen LogP contribution is -1.84. The fourth-order valence-electron chi connectivity index (χ4n) is 4.56. The number of ether oxygens (including phenoxy) is 1. The summed E-state index contributed by atoms with van der Waals surface area (Å²) in [5, 5.41) is 11.6. The summed E-state index contributed by atoms with van der Waals surface area (Å²) in [5.74, 6) is 2.82. The van der Waals surface area contributed by atoms with E-state index in [1.807, 2.05) is 48.5 Å². The molecule has 4 heteroatoms. The number of hydrogen-bond donors (Lipinski definition) is 1. The van der Waals surface area contributed by atoms with Crippen LogP contribution in [0.1, 0.15) is 25.0 Å². The minimum Gasteiger partial charge on any atom is -0.508 e. The number of hydrogen-bond acceptors (Lipinski definition) is 4. The summed E-state index contributed by atoms with van der Waals surface area (Å²) in [6, 6.07) is 31.8. The zero-order valence-corrected chi connectivity index (χ0v) is 21.3. The quantitative estimate of drug-likeness (QED) is 0.262. The molecule has 4 aromatic carbocycles. The Morgan fingerprint density at radius 3 is 1.68 bits per heavy atom. The van der Waals surface area contributed by atoms with E-state index in [2.05, 4.69) is 50.2 Å². The average molecular weight is 491 g/mol. The molecule has 0 aliphatic heterocycles. The van der Waals surface area contributed by atoms with Gasteiger partial charge in [-0.15, -0.1) is 0 Å². The summed E-state index contributed by atoms with van der Waals surface area (Å²) in [7, 11) is 1.66. The van der Waals surface area contributed by atoms with E-state index in [9.17, 15) is 5.11 Å². The van der Waals surface area contributed by atoms with Gasteiger partial charge in [0.25, 0.3) is 0 Å². The molecule has 37 heavy (non-hydrogen) atoms. The van der Waals surface area contributed by atoms with Gasteiger partial charge in [-0.1, -0.05) is 62.4 Å². The van der Waals surface area contributed by atoms with Gasteiger partial charge in [-0.25, -0.2) is 0 Å². The van der Waals surface area contributed by atoms with Gasteiger partial charge in [0.05, 0.1) is 7.11 Å². The Bertz CT molecular complexity index is 1650. The van der Waals surface area contributed by atoms with Crippen LogP contribution in [0.25, 0.3) is 44.6 Å². The highest BCUT2D eigenvalue weighted by Crippen LogP contribution is 2.33. The third-order valence-electron chi connectivity index (χ3n) is 6.56. The molecule has 0 aliphatic carbocycles. The first-order valence-corrected chi connectivity index (χ1v) is 12.6. The fraction of sp³-hybridized carbons (Fsp3) is 0.152. The number of phenolic OH excluding ortho intramolecular Hbond substituents is 1. The Hall–Kier alpha value is -4.44. The third kappa shape index (κ3) is 5.10. The molecule has 4 nitrogen and oxygen atoms in total. The van der Waals surface area contributed by atoms with Crippen LogP contribution >= 0.6 is 0 Å². The first kappa shape index (κ1) is 24.3. The van der Waals surface area contributed by atoms with E-state index in [-0.39, 0.29) is 5.75 Å². The number of furan rings is 2. The van der Waals surface area contributed by atoms with Crippen molar-refractivity contribution in [2.45, 2.75) is 26.7 Å². The lowest BCUT2D eigenvalue weighted by molar-refractivity contribution is 0.414. The molecule has 0 unspecified atom stereocenters. The summed E-state index contributed by atoms with van der Waals surface area (Å²) in [4.78, 5) is 0. The number of benzene rings is 4. The van der Waals surface area contributed by atoms with Gasteiger partial charge < -0.3 is 18.7 Å². The van der Waals surface area contributed by atoms with E-state index in [0.29, 0.717) is 0 Å². The number of aromatic hydroxyl groups is 1. The topological polar surface area (TPSA) is 55.7 Å². The van der Waals surface area contributed by atoms with Crippen molar-refractivity contribution >= 4 is 21.9 Å². The number of methoxy groups -OCH3 is 1. The molecule has 1 N–H and O–H groups in total. The van der Waals surface area contributed by atoms with Crippen LogP contribution in [0.3, 0.4) is 0 Å². The van der Waals surface area contributed by atoms with Crippen molar-refractivity contribution in [3.8, 4) is 34.1 Å². The molecule has 186 valence electrons. The van der Waals surface area contributed by atoms with Gasteiger partial charge in [0, 0.05) is 34.0 Å². The zero-order chi connectivity index (χ0) is 25.8. The SMILES string of the molecule is CCc1ccccc1-c1cc2ccc(O)cc2o1.CCc1ccccc1-c1cc2ccc(OC)cc2o1. The number of rotatable bonds is 5. The van der Waals surface area contributed by atoms with Crippen molar-refractivity contribution in [2.24, 2.45) is 0 Å². The zero-order valence-electron chi connectivity index (χ0n) is 21.3. The average Bonchev–Trinajstić information content (AvgIpc) is 3.56. The van der Waals surface area contributed by atoms with Gasteiger partial charge in [0.15, 0.2) is 0 Å². The van der Waals surface area contributed by atoms with Gasteiger partial charge in [-0.05, 0) is 60.4 Å². The highest BCUT2D eigenvalue weighted by atomic mass is 16.5. The highest BCUT2D eigenvalue weighted by Gasteiger charge is 2.11. The van der Waals surface area contributed by atoms with Crippen molar-refractivity contribution in [1.82, 2.24) is 0 Å². The third-order valence-corrected chi connectivity index (χ3v) is 6.56. The maximum Gasteiger partial charge on any atom is 0.138 e. The van der Waals surface area contributed by atoms with Crippen LogP contribution in [-0.2, 0) is 12.8 Å². The molecule has 0 radical (unpaired) electrons. The maximum atomic E-state index is 9.45. The van der Waals surface area contributed by atoms with Crippen LogP contribution in [-0.4, -0.2) is 12.2 Å². The minimum absolute atomic E-state index is 0.229. The van der Waals surface area contributed by atoms with Crippen molar-refractivity contribution in [3.63, 3.8) is 0 Å². The molecule has 0 saturated carbocycles. The standard InChI is InChI=1S/C17H16O2.C16H14O2/c1-3-12-6-4-5-7-15(12)17-10-13-8-9-14(18-2)11-16(13)19-17;1-2-11-5-3-4-6-14(11)16-9-12-7-8-13(17)10-15(12)18-16/h4-11H,3H2,1-2H3;3-10,17H,2H2,1H3. The molecular formula is C33H30O4. The monoisotopic (exact) mass is 490 g/mol. The number of fused-ring (bicyclic) bond motifs is 2. The minimum atomic E-state index is 0.229. The van der Waals surface area contributed by atoms with Crippen molar-refractivity contribution in [3.05, 3.63) is 108 Å². The molecule has 0 saturated heterocycles. The maximum absolute atomic E-state index is 9.45. The van der Waals surface area contributed by atoms with Crippen LogP contribution in [0.15, 0.2) is 106 Å². The Balaban J connectivity index is 0.000000152. The predicted molar refractivity (Wildman–Crippen MR) is 150 cm³/mol. The highest BCUT2D eigenvalue weighted by molar-refractivity contribution is 5.85. The van der Waals surface area contributed by atoms with Crippen molar-refractivity contribution < 1.29 is 18.7 Å². The van der Waals surface area contributed by atoms with E-state index in [4.69, 9.17) is 13.6 Å². The normalized spacial score (nSPS) is 10.9. The molecule has 0 fully saturated rings. The lowest BCUT2D eigenvalue weighted by Gasteiger charge is -2.03. The first-order chi connectivity index (χ1) is 18.1. The number of aryl methyl sites for hydroxylation is 2. The Kier molecular flexibility index (Phi) is 7.00. The Labute approximate surface area is 216 Å². The van der Waals surface area contributed by atoms with Crippen LogP contribution in [0.4, 0.5) is 0 Å². The molecule has 0 aliphatic rings. The molecule has 0 amide bonds. The lowest BCUT2D eigenvalue weighted by atomic mass is 10.0. The van der Waals surface area contributed by atoms with E-state index < -0.39 is 0 Å². The predicted octanol–water partition coefficient (Wildman–Crippen LogP) is 9.04. The molecule has 0 spiro atoms. The van der Waals surface area contributed by atoms with Crippen LogP contribution in [0, 0.1) is 0 Å². The molecule has 6 aromatic rings. The second-order valence-electron chi connectivity index (χ2n) is 8.87. The largest absolute Gasteiger partial charge is 0.508 e. The summed E-state index contributed by atoms with van der Waals surface area (Å²) in [6.07, 6.45) is 1.97. The molecule has 2 aromatic heterocycles. The summed E-state index contributed by atoms with van der Waals surface area (Å²) < 4.78 is 17.0. The summed E-state index contributed by atoms with van der Waals surface area (Å²) >= 11 is 0. The van der Waals surface area contributed by atoms with Gasteiger partial charge in [-0.3, -0.25) is 0 Å². The van der Waals surface area contributed by atoms with Crippen LogP contribution in [0.2, 0.25) is 0 Å². The molecule has 0 atom stereocenters. The first-order valence-electron chi connectivity index (χ1n) is 12.6. The Morgan fingerprint density at radius 2 is 1.14 bits per heavy atom. The molecular weight excluding hydrogens is 460 g/mol. The molecule has 0 bridgehead atoms. The number of phenols is 1. The van der Waals surface area contributed by atoms with E-state index >= 15 is 0 Å². The van der Waals surface area contributed by atoms with Gasteiger partial charge in [0.1, 0.15) is 34.2 Å². The van der Waals surface area contributed by atoms with Gasteiger partial charge >= 0.3 is 0 Å². The summed E-state index contributed by atoms with van der Waals surface area (Å²) in [5.41, 5.74) is 6.43. The molecule has 2 heterocycles.